The van der Waals surface area contributed by atoms with E-state index < -0.39 is 0 Å². The summed E-state index contributed by atoms with van der Waals surface area (Å²) >= 11 is 0. The summed E-state index contributed by atoms with van der Waals surface area (Å²) in [6.45, 7) is 4.48. The molecule has 0 aromatic rings. The number of hydrogen-bond donors (Lipinski definition) is 0. The summed E-state index contributed by atoms with van der Waals surface area (Å²) in [5.41, 5.74) is 0. The van der Waals surface area contributed by atoms with Gasteiger partial charge in [-0.3, -0.25) is 4.79 Å². The second kappa shape index (κ2) is 4.64. The lowest BCUT2D eigenvalue weighted by atomic mass is 10.00. The third-order valence-corrected chi connectivity index (χ3v) is 2.85. The summed E-state index contributed by atoms with van der Waals surface area (Å²) in [5, 5.41) is 0. The first-order chi connectivity index (χ1) is 5.74. The Kier molecular flexibility index (Phi) is 3.77. The molecule has 0 amide bonds. The molecule has 1 rings (SSSR count). The molecule has 0 heterocycles. The average Bonchev–Trinajstić information content (AvgIpc) is 2.86. The highest BCUT2D eigenvalue weighted by Gasteiger charge is 2.28. The Morgan fingerprint density at radius 2 is 2.17 bits per heavy atom. The van der Waals surface area contributed by atoms with E-state index in [-0.39, 0.29) is 0 Å². The zero-order valence-electron chi connectivity index (χ0n) is 8.31. The number of Topliss-reactive ketones (excluding diaryl/α,β-unsaturated/α-hetero) is 1. The molecule has 12 heavy (non-hydrogen) atoms. The van der Waals surface area contributed by atoms with Crippen molar-refractivity contribution in [2.45, 2.75) is 52.4 Å². The van der Waals surface area contributed by atoms with Crippen LogP contribution in [-0.4, -0.2) is 5.78 Å². The monoisotopic (exact) mass is 168 g/mol. The maximum Gasteiger partial charge on any atom is 0.135 e. The molecule has 1 unspecified atom stereocenters. The van der Waals surface area contributed by atoms with E-state index in [0.29, 0.717) is 11.7 Å². The van der Waals surface area contributed by atoms with Crippen LogP contribution in [0.25, 0.3) is 0 Å². The summed E-state index contributed by atoms with van der Waals surface area (Å²) < 4.78 is 0. The molecule has 0 radical (unpaired) electrons. The minimum absolute atomic E-state index is 0.474. The van der Waals surface area contributed by atoms with Gasteiger partial charge in [-0.25, -0.2) is 0 Å². The molecule has 0 N–H and O–H groups in total. The second-order valence-corrected chi connectivity index (χ2v) is 4.15. The van der Waals surface area contributed by atoms with E-state index in [1.807, 2.05) is 0 Å². The molecule has 0 saturated heterocycles. The highest BCUT2D eigenvalue weighted by Crippen LogP contribution is 2.31. The minimum atomic E-state index is 0.474. The lowest BCUT2D eigenvalue weighted by molar-refractivity contribution is -0.120. The molecule has 1 aliphatic rings. The topological polar surface area (TPSA) is 17.1 Å². The molecular formula is C11H20O. The molecule has 0 aliphatic heterocycles. The Labute approximate surface area is 75.5 Å². The van der Waals surface area contributed by atoms with Gasteiger partial charge in [-0.15, -0.1) is 0 Å². The number of rotatable bonds is 6. The first-order valence-electron chi connectivity index (χ1n) is 5.26. The van der Waals surface area contributed by atoms with Crippen molar-refractivity contribution < 1.29 is 4.79 Å². The number of carbonyl (C=O) groups is 1. The van der Waals surface area contributed by atoms with Crippen LogP contribution in [0.2, 0.25) is 0 Å². The highest BCUT2D eigenvalue weighted by atomic mass is 16.1. The quantitative estimate of drug-likeness (QED) is 0.595. The summed E-state index contributed by atoms with van der Waals surface area (Å²) in [4.78, 5) is 11.3. The molecule has 0 bridgehead atoms. The van der Waals surface area contributed by atoms with Crippen LogP contribution < -0.4 is 0 Å². The van der Waals surface area contributed by atoms with Crippen molar-refractivity contribution in [2.24, 2.45) is 11.8 Å². The molecule has 1 fully saturated rings. The van der Waals surface area contributed by atoms with Gasteiger partial charge in [-0.05, 0) is 25.2 Å². The molecule has 1 atom stereocenters. The van der Waals surface area contributed by atoms with Crippen molar-refractivity contribution in [3.05, 3.63) is 0 Å². The van der Waals surface area contributed by atoms with Gasteiger partial charge in [0.1, 0.15) is 5.78 Å². The standard InChI is InChI=1S/C11H20O/c1-3-9(2)5-4-6-11(12)10-7-8-10/h9-10H,3-8H2,1-2H3. The molecule has 1 heteroatoms. The second-order valence-electron chi connectivity index (χ2n) is 4.15. The van der Waals surface area contributed by atoms with Crippen LogP contribution in [-0.2, 0) is 4.79 Å². The third kappa shape index (κ3) is 3.38. The number of hydrogen-bond acceptors (Lipinski definition) is 1. The van der Waals surface area contributed by atoms with E-state index in [4.69, 9.17) is 0 Å². The molecule has 1 aliphatic carbocycles. The molecule has 0 spiro atoms. The SMILES string of the molecule is CCC(C)CCCC(=O)C1CC1. The van der Waals surface area contributed by atoms with Gasteiger partial charge in [0.25, 0.3) is 0 Å². The maximum atomic E-state index is 11.3. The van der Waals surface area contributed by atoms with Crippen LogP contribution in [0.1, 0.15) is 52.4 Å². The number of ketones is 1. The van der Waals surface area contributed by atoms with Crippen molar-refractivity contribution in [3.8, 4) is 0 Å². The van der Waals surface area contributed by atoms with Gasteiger partial charge in [0.15, 0.2) is 0 Å². The van der Waals surface area contributed by atoms with E-state index in [1.54, 1.807) is 0 Å². The Morgan fingerprint density at radius 3 is 2.67 bits per heavy atom. The van der Waals surface area contributed by atoms with Crippen LogP contribution in [0, 0.1) is 11.8 Å². The predicted octanol–water partition coefficient (Wildman–Crippen LogP) is 3.18. The Balaban J connectivity index is 1.97. The van der Waals surface area contributed by atoms with E-state index in [0.717, 1.165) is 18.8 Å². The van der Waals surface area contributed by atoms with Gasteiger partial charge in [0.05, 0.1) is 0 Å². The first-order valence-corrected chi connectivity index (χ1v) is 5.26. The largest absolute Gasteiger partial charge is 0.299 e. The zero-order valence-corrected chi connectivity index (χ0v) is 8.31. The minimum Gasteiger partial charge on any atom is -0.299 e. The van der Waals surface area contributed by atoms with E-state index in [9.17, 15) is 4.79 Å². The normalized spacial score (nSPS) is 19.2. The summed E-state index contributed by atoms with van der Waals surface area (Å²) in [6.07, 6.45) is 6.77. The van der Waals surface area contributed by atoms with Gasteiger partial charge >= 0.3 is 0 Å². The van der Waals surface area contributed by atoms with E-state index in [1.165, 1.54) is 25.7 Å². The summed E-state index contributed by atoms with van der Waals surface area (Å²) in [7, 11) is 0. The lowest BCUT2D eigenvalue weighted by Crippen LogP contribution is -2.01. The van der Waals surface area contributed by atoms with Gasteiger partial charge in [0, 0.05) is 12.3 Å². The van der Waals surface area contributed by atoms with Crippen LogP contribution in [0.15, 0.2) is 0 Å². The molecule has 0 aromatic heterocycles. The van der Waals surface area contributed by atoms with Crippen LogP contribution >= 0.6 is 0 Å². The molecule has 70 valence electrons. The van der Waals surface area contributed by atoms with Crippen LogP contribution in [0.4, 0.5) is 0 Å². The van der Waals surface area contributed by atoms with Gasteiger partial charge < -0.3 is 0 Å². The van der Waals surface area contributed by atoms with Crippen molar-refractivity contribution in [3.63, 3.8) is 0 Å². The lowest BCUT2D eigenvalue weighted by Gasteiger charge is -2.06. The van der Waals surface area contributed by atoms with Crippen molar-refractivity contribution in [2.75, 3.05) is 0 Å². The predicted molar refractivity (Wildman–Crippen MR) is 51.0 cm³/mol. The number of carbonyl (C=O) groups excluding carboxylic acids is 1. The fraction of sp³-hybridized carbons (Fsp3) is 0.909. The van der Waals surface area contributed by atoms with Crippen LogP contribution in [0.3, 0.4) is 0 Å². The van der Waals surface area contributed by atoms with Gasteiger partial charge in [-0.1, -0.05) is 26.7 Å². The fourth-order valence-electron chi connectivity index (χ4n) is 1.44. The molecular weight excluding hydrogens is 148 g/mol. The van der Waals surface area contributed by atoms with E-state index in [2.05, 4.69) is 13.8 Å². The average molecular weight is 168 g/mol. The van der Waals surface area contributed by atoms with Crippen molar-refractivity contribution in [1.29, 1.82) is 0 Å². The fourth-order valence-corrected chi connectivity index (χ4v) is 1.44. The Bertz CT molecular complexity index is 147. The Morgan fingerprint density at radius 1 is 1.50 bits per heavy atom. The third-order valence-electron chi connectivity index (χ3n) is 2.85. The van der Waals surface area contributed by atoms with Crippen molar-refractivity contribution in [1.82, 2.24) is 0 Å². The molecule has 0 aromatic carbocycles. The summed E-state index contributed by atoms with van der Waals surface area (Å²) in [6, 6.07) is 0. The van der Waals surface area contributed by atoms with Gasteiger partial charge in [-0.2, -0.15) is 0 Å². The molecule has 1 saturated carbocycles. The zero-order chi connectivity index (χ0) is 8.97. The highest BCUT2D eigenvalue weighted by molar-refractivity contribution is 5.82. The van der Waals surface area contributed by atoms with Crippen molar-refractivity contribution >= 4 is 5.78 Å². The first kappa shape index (κ1) is 9.76. The smallest absolute Gasteiger partial charge is 0.135 e. The summed E-state index contributed by atoms with van der Waals surface area (Å²) in [5.74, 6) is 1.80. The maximum absolute atomic E-state index is 11.3. The van der Waals surface area contributed by atoms with Gasteiger partial charge in [0.2, 0.25) is 0 Å². The van der Waals surface area contributed by atoms with Crippen LogP contribution in [0.5, 0.6) is 0 Å². The van der Waals surface area contributed by atoms with E-state index >= 15 is 0 Å². The molecule has 1 nitrogen and oxygen atoms in total. The Hall–Kier alpha value is -0.330.